The van der Waals surface area contributed by atoms with Gasteiger partial charge in [0.25, 0.3) is 0 Å². The number of esters is 1. The fourth-order valence-electron chi connectivity index (χ4n) is 3.86. The largest absolute Gasteiger partial charge is 0.462 e. The van der Waals surface area contributed by atoms with Gasteiger partial charge in [0.05, 0.1) is 17.9 Å². The average Bonchev–Trinajstić information content (AvgIpc) is 3.10. The van der Waals surface area contributed by atoms with Crippen LogP contribution in [0.4, 0.5) is 5.95 Å². The van der Waals surface area contributed by atoms with E-state index in [9.17, 15) is 4.79 Å². The summed E-state index contributed by atoms with van der Waals surface area (Å²) in [7, 11) is 0. The van der Waals surface area contributed by atoms with Crippen molar-refractivity contribution in [2.75, 3.05) is 11.9 Å². The zero-order chi connectivity index (χ0) is 15.7. The van der Waals surface area contributed by atoms with Gasteiger partial charge in [0.2, 0.25) is 5.95 Å². The highest BCUT2D eigenvalue weighted by molar-refractivity contribution is 5.90. The molecule has 1 heterocycles. The van der Waals surface area contributed by atoms with Crippen molar-refractivity contribution in [3.05, 3.63) is 17.5 Å². The number of carbonyl (C=O) groups excluding carboxylic acids is 1. The minimum Gasteiger partial charge on any atom is -0.462 e. The summed E-state index contributed by atoms with van der Waals surface area (Å²) in [4.78, 5) is 21.0. The molecule has 2 saturated carbocycles. The fourth-order valence-corrected chi connectivity index (χ4v) is 3.86. The molecule has 1 aromatic rings. The van der Waals surface area contributed by atoms with Crippen LogP contribution >= 0.6 is 0 Å². The number of ether oxygens (including phenoxy) is 1. The molecule has 3 atom stereocenters. The monoisotopic (exact) mass is 303 g/mol. The van der Waals surface area contributed by atoms with E-state index in [1.165, 1.54) is 25.7 Å². The first-order chi connectivity index (χ1) is 10.6. The molecule has 0 aliphatic heterocycles. The predicted octanol–water partition coefficient (Wildman–Crippen LogP) is 3.38. The number of hydrogen-bond donors (Lipinski definition) is 1. The quantitative estimate of drug-likeness (QED) is 0.845. The molecule has 2 aliphatic rings. The Hall–Kier alpha value is -1.65. The molecule has 120 valence electrons. The number of rotatable bonds is 5. The highest BCUT2D eigenvalue weighted by atomic mass is 16.5. The number of aromatic nitrogens is 2. The number of carbonyl (C=O) groups is 1. The third-order valence-electron chi connectivity index (χ3n) is 4.91. The van der Waals surface area contributed by atoms with Crippen molar-refractivity contribution in [1.29, 1.82) is 0 Å². The first-order valence-corrected chi connectivity index (χ1v) is 8.39. The SMILES string of the molecule is CCOC(=O)c1cnc(N[C@@H]2C[C@@H]3CC[C@@H]2C3)nc1C(C)C. The van der Waals surface area contributed by atoms with Crippen LogP contribution in [-0.4, -0.2) is 28.6 Å². The predicted molar refractivity (Wildman–Crippen MR) is 84.9 cm³/mol. The molecule has 0 spiro atoms. The van der Waals surface area contributed by atoms with Gasteiger partial charge in [0.15, 0.2) is 0 Å². The summed E-state index contributed by atoms with van der Waals surface area (Å²) in [6, 6.07) is 0.493. The molecule has 22 heavy (non-hydrogen) atoms. The van der Waals surface area contributed by atoms with Gasteiger partial charge in [0, 0.05) is 12.2 Å². The minimum absolute atomic E-state index is 0.156. The summed E-state index contributed by atoms with van der Waals surface area (Å²) in [5, 5.41) is 3.49. The van der Waals surface area contributed by atoms with E-state index >= 15 is 0 Å². The van der Waals surface area contributed by atoms with E-state index < -0.39 is 0 Å². The van der Waals surface area contributed by atoms with Gasteiger partial charge < -0.3 is 10.1 Å². The summed E-state index contributed by atoms with van der Waals surface area (Å²) in [6.45, 7) is 6.24. The van der Waals surface area contributed by atoms with Crippen LogP contribution in [0.3, 0.4) is 0 Å². The van der Waals surface area contributed by atoms with Crippen molar-refractivity contribution >= 4 is 11.9 Å². The first-order valence-electron chi connectivity index (χ1n) is 8.39. The van der Waals surface area contributed by atoms with Gasteiger partial charge in [-0.15, -0.1) is 0 Å². The Morgan fingerprint density at radius 2 is 2.23 bits per heavy atom. The topological polar surface area (TPSA) is 64.1 Å². The lowest BCUT2D eigenvalue weighted by molar-refractivity contribution is 0.0523. The third-order valence-corrected chi connectivity index (χ3v) is 4.91. The van der Waals surface area contributed by atoms with Gasteiger partial charge in [-0.05, 0) is 43.9 Å². The van der Waals surface area contributed by atoms with Crippen molar-refractivity contribution in [2.45, 2.75) is 58.4 Å². The molecule has 0 radical (unpaired) electrons. The molecule has 0 amide bonds. The summed E-state index contributed by atoms with van der Waals surface area (Å²) in [6.07, 6.45) is 6.87. The second-order valence-electron chi connectivity index (χ2n) is 6.79. The van der Waals surface area contributed by atoms with Gasteiger partial charge in [-0.1, -0.05) is 20.3 Å². The van der Waals surface area contributed by atoms with Crippen molar-refractivity contribution in [3.8, 4) is 0 Å². The normalized spacial score (nSPS) is 26.5. The van der Waals surface area contributed by atoms with E-state index in [1.54, 1.807) is 13.1 Å². The number of nitrogens with zero attached hydrogens (tertiary/aromatic N) is 2. The second-order valence-corrected chi connectivity index (χ2v) is 6.79. The Labute approximate surface area is 131 Å². The number of hydrogen-bond acceptors (Lipinski definition) is 5. The van der Waals surface area contributed by atoms with Gasteiger partial charge in [-0.3, -0.25) is 0 Å². The smallest absolute Gasteiger partial charge is 0.341 e. The van der Waals surface area contributed by atoms with Crippen LogP contribution in [0.25, 0.3) is 0 Å². The van der Waals surface area contributed by atoms with E-state index in [0.29, 0.717) is 24.2 Å². The Bertz CT molecular complexity index is 559. The van der Waals surface area contributed by atoms with Crippen molar-refractivity contribution in [2.24, 2.45) is 11.8 Å². The number of nitrogens with one attached hydrogen (secondary N) is 1. The maximum absolute atomic E-state index is 12.0. The lowest BCUT2D eigenvalue weighted by Crippen LogP contribution is -2.27. The van der Waals surface area contributed by atoms with Crippen LogP contribution in [0, 0.1) is 11.8 Å². The zero-order valence-corrected chi connectivity index (χ0v) is 13.6. The summed E-state index contributed by atoms with van der Waals surface area (Å²) in [5.41, 5.74) is 1.24. The average molecular weight is 303 g/mol. The van der Waals surface area contributed by atoms with Crippen molar-refractivity contribution in [1.82, 2.24) is 9.97 Å². The molecular formula is C17H25N3O2. The van der Waals surface area contributed by atoms with Crippen molar-refractivity contribution < 1.29 is 9.53 Å². The molecule has 2 bridgehead atoms. The highest BCUT2D eigenvalue weighted by Gasteiger charge is 2.39. The van der Waals surface area contributed by atoms with Gasteiger partial charge in [-0.2, -0.15) is 0 Å². The molecule has 1 aromatic heterocycles. The van der Waals surface area contributed by atoms with Crippen LogP contribution in [0.5, 0.6) is 0 Å². The molecule has 5 nitrogen and oxygen atoms in total. The first kappa shape index (κ1) is 15.3. The third kappa shape index (κ3) is 2.94. The van der Waals surface area contributed by atoms with E-state index in [2.05, 4.69) is 15.3 Å². The second kappa shape index (κ2) is 6.23. The highest BCUT2D eigenvalue weighted by Crippen LogP contribution is 2.45. The molecule has 5 heteroatoms. The van der Waals surface area contributed by atoms with Gasteiger partial charge in [0.1, 0.15) is 0 Å². The molecule has 0 saturated heterocycles. The van der Waals surface area contributed by atoms with Gasteiger partial charge in [-0.25, -0.2) is 14.8 Å². The molecule has 1 N–H and O–H groups in total. The van der Waals surface area contributed by atoms with Crippen LogP contribution < -0.4 is 5.32 Å². The molecule has 2 fully saturated rings. The Morgan fingerprint density at radius 3 is 2.82 bits per heavy atom. The maximum atomic E-state index is 12.0. The summed E-state index contributed by atoms with van der Waals surface area (Å²) >= 11 is 0. The summed E-state index contributed by atoms with van der Waals surface area (Å²) in [5.74, 6) is 2.11. The fraction of sp³-hybridized carbons (Fsp3) is 0.706. The lowest BCUT2D eigenvalue weighted by atomic mass is 9.95. The Balaban J connectivity index is 1.78. The van der Waals surface area contributed by atoms with Gasteiger partial charge >= 0.3 is 5.97 Å². The van der Waals surface area contributed by atoms with E-state index in [-0.39, 0.29) is 11.9 Å². The van der Waals surface area contributed by atoms with E-state index in [4.69, 9.17) is 4.74 Å². The van der Waals surface area contributed by atoms with Crippen molar-refractivity contribution in [3.63, 3.8) is 0 Å². The van der Waals surface area contributed by atoms with E-state index in [0.717, 1.165) is 17.5 Å². The molecular weight excluding hydrogens is 278 g/mol. The molecule has 3 rings (SSSR count). The number of anilines is 1. The van der Waals surface area contributed by atoms with Crippen LogP contribution in [0.15, 0.2) is 6.20 Å². The Morgan fingerprint density at radius 1 is 1.41 bits per heavy atom. The molecule has 0 unspecified atom stereocenters. The minimum atomic E-state index is -0.335. The zero-order valence-electron chi connectivity index (χ0n) is 13.6. The lowest BCUT2D eigenvalue weighted by Gasteiger charge is -2.23. The molecule has 2 aliphatic carbocycles. The summed E-state index contributed by atoms with van der Waals surface area (Å²) < 4.78 is 5.09. The van der Waals surface area contributed by atoms with E-state index in [1.807, 2.05) is 13.8 Å². The van der Waals surface area contributed by atoms with Crippen LogP contribution in [0.1, 0.15) is 68.4 Å². The number of fused-ring (bicyclic) bond motifs is 2. The Kier molecular flexibility index (Phi) is 4.32. The standard InChI is InChI=1S/C17H25N3O2/c1-4-22-16(21)13-9-18-17(20-15(13)10(2)3)19-14-8-11-5-6-12(14)7-11/h9-12,14H,4-8H2,1-3H3,(H,18,19,20)/t11-,12-,14-/m1/s1. The van der Waals surface area contributed by atoms with Crippen LogP contribution in [0.2, 0.25) is 0 Å². The maximum Gasteiger partial charge on any atom is 0.341 e. The molecule has 0 aromatic carbocycles. The van der Waals surface area contributed by atoms with Crippen LogP contribution in [-0.2, 0) is 4.74 Å².